The molecular weight excluding hydrogens is 394 g/mol. The first kappa shape index (κ1) is 19.5. The van der Waals surface area contributed by atoms with E-state index in [9.17, 15) is 4.79 Å². The molecule has 0 unspecified atom stereocenters. The van der Waals surface area contributed by atoms with Crippen LogP contribution in [0.5, 0.6) is 0 Å². The van der Waals surface area contributed by atoms with Crippen LogP contribution in [0.15, 0.2) is 45.8 Å². The van der Waals surface area contributed by atoms with Crippen LogP contribution in [-0.4, -0.2) is 42.4 Å². The molecule has 4 aromatic rings. The van der Waals surface area contributed by atoms with E-state index in [-0.39, 0.29) is 17.6 Å². The summed E-state index contributed by atoms with van der Waals surface area (Å²) in [5, 5.41) is 8.43. The number of aromatic nitrogens is 6. The van der Waals surface area contributed by atoms with Crippen LogP contribution in [0, 0.1) is 0 Å². The van der Waals surface area contributed by atoms with Crippen LogP contribution < -0.4 is 10.6 Å². The van der Waals surface area contributed by atoms with Gasteiger partial charge in [0, 0.05) is 24.8 Å². The number of rotatable bonds is 4. The Balaban J connectivity index is 1.38. The minimum Gasteiger partial charge on any atom is -0.356 e. The van der Waals surface area contributed by atoms with Crippen molar-refractivity contribution in [1.82, 2.24) is 29.3 Å². The van der Waals surface area contributed by atoms with Crippen molar-refractivity contribution in [2.75, 3.05) is 18.0 Å². The van der Waals surface area contributed by atoms with E-state index in [1.165, 1.54) is 14.6 Å². The molecule has 0 bridgehead atoms. The van der Waals surface area contributed by atoms with Gasteiger partial charge in [-0.25, -0.2) is 13.9 Å². The van der Waals surface area contributed by atoms with E-state index < -0.39 is 0 Å². The van der Waals surface area contributed by atoms with Gasteiger partial charge in [-0.3, -0.25) is 0 Å². The Labute approximate surface area is 179 Å². The van der Waals surface area contributed by atoms with E-state index in [2.05, 4.69) is 58.0 Å². The maximum atomic E-state index is 12.7. The zero-order valence-electron chi connectivity index (χ0n) is 17.9. The van der Waals surface area contributed by atoms with Crippen molar-refractivity contribution in [2.24, 2.45) is 0 Å². The Kier molecular flexibility index (Phi) is 4.60. The fourth-order valence-corrected chi connectivity index (χ4v) is 3.81. The number of hydrogen-bond acceptors (Lipinski definition) is 7. The molecule has 3 aromatic heterocycles. The highest BCUT2D eigenvalue weighted by Gasteiger charge is 2.18. The Morgan fingerprint density at radius 1 is 1.03 bits per heavy atom. The quantitative estimate of drug-likeness (QED) is 0.502. The molecule has 9 heteroatoms. The third-order valence-electron chi connectivity index (χ3n) is 5.63. The molecule has 0 N–H and O–H groups in total. The minimum atomic E-state index is -0.287. The highest BCUT2D eigenvalue weighted by molar-refractivity contribution is 5.55. The summed E-state index contributed by atoms with van der Waals surface area (Å²) in [6.07, 6.45) is 4.04. The molecule has 0 atom stereocenters. The normalized spacial score (nSPS) is 14.6. The lowest BCUT2D eigenvalue weighted by Crippen LogP contribution is -2.22. The lowest BCUT2D eigenvalue weighted by Gasteiger charge is -2.18. The summed E-state index contributed by atoms with van der Waals surface area (Å²) < 4.78 is 8.11. The van der Waals surface area contributed by atoms with E-state index in [4.69, 9.17) is 4.52 Å². The van der Waals surface area contributed by atoms with E-state index in [0.29, 0.717) is 17.5 Å². The molecule has 1 aliphatic heterocycles. The molecule has 4 heterocycles. The zero-order chi connectivity index (χ0) is 21.6. The monoisotopic (exact) mass is 419 g/mol. The summed E-state index contributed by atoms with van der Waals surface area (Å²) in [5.74, 6) is 2.02. The molecular formula is C22H25N7O2. The minimum absolute atomic E-state index is 0.0773. The molecule has 0 radical (unpaired) electrons. The number of nitrogens with zero attached hydrogens (tertiary/aromatic N) is 7. The highest BCUT2D eigenvalue weighted by atomic mass is 16.5. The van der Waals surface area contributed by atoms with Gasteiger partial charge in [0.1, 0.15) is 12.4 Å². The van der Waals surface area contributed by atoms with E-state index in [1.54, 1.807) is 6.20 Å². The van der Waals surface area contributed by atoms with Crippen LogP contribution in [0.4, 0.5) is 5.82 Å². The summed E-state index contributed by atoms with van der Waals surface area (Å²) in [5.41, 5.74) is 1.89. The van der Waals surface area contributed by atoms with Gasteiger partial charge in [-0.15, -0.1) is 5.10 Å². The molecule has 0 spiro atoms. The Bertz CT molecular complexity index is 1270. The van der Waals surface area contributed by atoms with Gasteiger partial charge in [-0.05, 0) is 29.9 Å². The van der Waals surface area contributed by atoms with Crippen LogP contribution in [-0.2, 0) is 12.0 Å². The van der Waals surface area contributed by atoms with Gasteiger partial charge in [-0.2, -0.15) is 9.97 Å². The Morgan fingerprint density at radius 3 is 2.48 bits per heavy atom. The first-order chi connectivity index (χ1) is 14.9. The van der Waals surface area contributed by atoms with Gasteiger partial charge in [0.25, 0.3) is 5.78 Å². The van der Waals surface area contributed by atoms with E-state index in [0.717, 1.165) is 37.3 Å². The molecule has 9 nitrogen and oxygen atoms in total. The molecule has 5 rings (SSSR count). The summed E-state index contributed by atoms with van der Waals surface area (Å²) in [6.45, 7) is 8.57. The lowest BCUT2D eigenvalue weighted by molar-refractivity contribution is 0.364. The van der Waals surface area contributed by atoms with Gasteiger partial charge in [0.15, 0.2) is 0 Å². The van der Waals surface area contributed by atoms with Crippen molar-refractivity contribution in [2.45, 2.75) is 45.6 Å². The first-order valence-electron chi connectivity index (χ1n) is 10.5. The van der Waals surface area contributed by atoms with Gasteiger partial charge in [0.05, 0.1) is 0 Å². The zero-order valence-corrected chi connectivity index (χ0v) is 17.9. The third kappa shape index (κ3) is 3.71. The predicted molar refractivity (Wildman–Crippen MR) is 116 cm³/mol. The van der Waals surface area contributed by atoms with Crippen LogP contribution >= 0.6 is 0 Å². The highest BCUT2D eigenvalue weighted by Crippen LogP contribution is 2.25. The van der Waals surface area contributed by atoms with Crippen LogP contribution in [0.2, 0.25) is 0 Å². The maximum absolute atomic E-state index is 12.7. The number of hydrogen-bond donors (Lipinski definition) is 0. The summed E-state index contributed by atoms with van der Waals surface area (Å²) >= 11 is 0. The average molecular weight is 419 g/mol. The molecule has 31 heavy (non-hydrogen) atoms. The smallest absolute Gasteiger partial charge is 0.352 e. The second-order valence-corrected chi connectivity index (χ2v) is 8.93. The molecule has 1 aliphatic rings. The van der Waals surface area contributed by atoms with E-state index in [1.807, 2.05) is 18.2 Å². The van der Waals surface area contributed by atoms with E-state index >= 15 is 0 Å². The van der Waals surface area contributed by atoms with Crippen molar-refractivity contribution in [3.8, 4) is 11.4 Å². The maximum Gasteiger partial charge on any atom is 0.352 e. The topological polar surface area (TPSA) is 94.4 Å². The molecule has 0 saturated carbocycles. The Morgan fingerprint density at radius 2 is 1.77 bits per heavy atom. The van der Waals surface area contributed by atoms with Gasteiger partial charge < -0.3 is 9.42 Å². The molecule has 1 aromatic carbocycles. The second-order valence-electron chi connectivity index (χ2n) is 8.93. The number of anilines is 1. The van der Waals surface area contributed by atoms with Crippen molar-refractivity contribution in [3.05, 3.63) is 58.5 Å². The SMILES string of the molecule is CC(C)(C)c1ccc(-c2noc(Cn3nc4nc(N5CCCC5)ccn4c3=O)n2)cc1. The molecule has 1 fully saturated rings. The van der Waals surface area contributed by atoms with Crippen molar-refractivity contribution in [3.63, 3.8) is 0 Å². The number of fused-ring (bicyclic) bond motifs is 1. The van der Waals surface area contributed by atoms with Gasteiger partial charge >= 0.3 is 5.69 Å². The fraction of sp³-hybridized carbons (Fsp3) is 0.409. The fourth-order valence-electron chi connectivity index (χ4n) is 3.81. The summed E-state index contributed by atoms with van der Waals surface area (Å²) in [4.78, 5) is 23.9. The van der Waals surface area contributed by atoms with Gasteiger partial charge in [0.2, 0.25) is 11.7 Å². The number of benzene rings is 1. The summed E-state index contributed by atoms with van der Waals surface area (Å²) in [7, 11) is 0. The van der Waals surface area contributed by atoms with Crippen LogP contribution in [0.1, 0.15) is 45.1 Å². The van der Waals surface area contributed by atoms with Gasteiger partial charge in [-0.1, -0.05) is 50.2 Å². The van der Waals surface area contributed by atoms with Crippen LogP contribution in [0.3, 0.4) is 0 Å². The lowest BCUT2D eigenvalue weighted by atomic mass is 9.87. The predicted octanol–water partition coefficient (Wildman–Crippen LogP) is 2.89. The van der Waals surface area contributed by atoms with Crippen molar-refractivity contribution >= 4 is 11.6 Å². The largest absolute Gasteiger partial charge is 0.356 e. The first-order valence-corrected chi connectivity index (χ1v) is 10.5. The summed E-state index contributed by atoms with van der Waals surface area (Å²) in [6, 6.07) is 9.97. The molecule has 1 saturated heterocycles. The average Bonchev–Trinajstić information content (AvgIpc) is 3.49. The molecule has 0 amide bonds. The molecule has 0 aliphatic carbocycles. The van der Waals surface area contributed by atoms with Crippen molar-refractivity contribution < 1.29 is 4.52 Å². The van der Waals surface area contributed by atoms with Crippen LogP contribution in [0.25, 0.3) is 17.2 Å². The molecule has 160 valence electrons. The third-order valence-corrected chi connectivity index (χ3v) is 5.63. The Hall–Kier alpha value is -3.49. The second kappa shape index (κ2) is 7.33. The standard InChI is InChI=1S/C22H25N7O2/c1-22(2,3)16-8-6-15(7-9-16)19-24-18(31-26-19)14-29-21(30)28-13-10-17(23-20(28)25-29)27-11-4-5-12-27/h6-10,13H,4-5,11-12,14H2,1-3H3. The van der Waals surface area contributed by atoms with Crippen molar-refractivity contribution in [1.29, 1.82) is 0 Å².